The van der Waals surface area contributed by atoms with E-state index in [2.05, 4.69) is 26.2 Å². The van der Waals surface area contributed by atoms with Gasteiger partial charge in [0.15, 0.2) is 0 Å². The zero-order valence-corrected chi connectivity index (χ0v) is 14.8. The third-order valence-corrected chi connectivity index (χ3v) is 5.75. The smallest absolute Gasteiger partial charge is 0.208 e. The van der Waals surface area contributed by atoms with Crippen molar-refractivity contribution in [2.45, 2.75) is 36.1 Å². The van der Waals surface area contributed by atoms with Gasteiger partial charge in [0.1, 0.15) is 17.4 Å². The highest BCUT2D eigenvalue weighted by atomic mass is 32.2. The molecule has 1 fully saturated rings. The second kappa shape index (κ2) is 6.20. The molecule has 0 bridgehead atoms. The van der Waals surface area contributed by atoms with E-state index in [1.807, 2.05) is 6.26 Å². The van der Waals surface area contributed by atoms with Gasteiger partial charge in [0.2, 0.25) is 5.60 Å². The first-order valence-corrected chi connectivity index (χ1v) is 8.85. The Balaban J connectivity index is 2.32. The molecule has 0 saturated carbocycles. The minimum atomic E-state index is -1.58. The summed E-state index contributed by atoms with van der Waals surface area (Å²) >= 11 is 1.46. The largest absolute Gasteiger partial charge is 0.394 e. The van der Waals surface area contributed by atoms with Crippen LogP contribution in [0, 0.1) is 17.2 Å². The van der Waals surface area contributed by atoms with Crippen molar-refractivity contribution in [3.63, 3.8) is 0 Å². The lowest BCUT2D eigenvalue weighted by atomic mass is 9.73. The molecule has 1 aliphatic rings. The molecule has 9 nitrogen and oxygen atoms in total. The van der Waals surface area contributed by atoms with E-state index < -0.39 is 17.2 Å². The lowest BCUT2D eigenvalue weighted by molar-refractivity contribution is -0.0494. The van der Waals surface area contributed by atoms with Crippen LogP contribution >= 0.6 is 11.8 Å². The molecule has 0 aliphatic carbocycles. The van der Waals surface area contributed by atoms with Crippen LogP contribution in [0.25, 0.3) is 16.0 Å². The maximum Gasteiger partial charge on any atom is 0.208 e. The molecule has 1 N–H and O–H groups in total. The highest BCUT2D eigenvalue weighted by Gasteiger charge is 2.64. The van der Waals surface area contributed by atoms with E-state index in [4.69, 9.17) is 10.3 Å². The van der Waals surface area contributed by atoms with Crippen molar-refractivity contribution in [2.24, 2.45) is 11.0 Å². The quantitative estimate of drug-likeness (QED) is 0.385. The number of nitriles is 1. The zero-order chi connectivity index (χ0) is 18.2. The molecule has 1 saturated heterocycles. The number of nitrogens with zero attached hydrogens (tertiary/aromatic N) is 7. The van der Waals surface area contributed by atoms with Gasteiger partial charge in [-0.1, -0.05) is 12.0 Å². The van der Waals surface area contributed by atoms with Gasteiger partial charge in [-0.25, -0.2) is 9.50 Å². The fourth-order valence-electron chi connectivity index (χ4n) is 3.43. The molecule has 10 heteroatoms. The van der Waals surface area contributed by atoms with Crippen LogP contribution < -0.4 is 0 Å². The van der Waals surface area contributed by atoms with E-state index in [-0.39, 0.29) is 12.5 Å². The number of ether oxygens (including phenoxy) is 1. The summed E-state index contributed by atoms with van der Waals surface area (Å²) in [7, 11) is 0. The van der Waals surface area contributed by atoms with Gasteiger partial charge in [0.05, 0.1) is 29.5 Å². The third-order valence-electron chi connectivity index (χ3n) is 5.05. The van der Waals surface area contributed by atoms with E-state index >= 15 is 0 Å². The number of azide groups is 1. The molecule has 3 heterocycles. The minimum Gasteiger partial charge on any atom is -0.394 e. The first kappa shape index (κ1) is 17.5. The van der Waals surface area contributed by atoms with Crippen LogP contribution in [-0.4, -0.2) is 44.2 Å². The van der Waals surface area contributed by atoms with Crippen molar-refractivity contribution in [1.29, 1.82) is 5.26 Å². The number of aliphatic hydroxyl groups excluding tert-OH is 1. The van der Waals surface area contributed by atoms with Gasteiger partial charge < -0.3 is 9.84 Å². The SMILES string of the molecule is CSc1ncnn2c(C3(C#N)O[C@H](CO)[C@@H](C)[C@@]3(C)N=[N+]=[N-])ccc12. The second-order valence-corrected chi connectivity index (χ2v) is 6.84. The highest BCUT2D eigenvalue weighted by Crippen LogP contribution is 2.52. The van der Waals surface area contributed by atoms with Crippen molar-refractivity contribution >= 4 is 17.3 Å². The Hall–Kier alpha value is -2.31. The van der Waals surface area contributed by atoms with Crippen LogP contribution in [0.5, 0.6) is 0 Å². The molecule has 1 aliphatic heterocycles. The van der Waals surface area contributed by atoms with E-state index in [0.717, 1.165) is 10.5 Å². The van der Waals surface area contributed by atoms with Crippen molar-refractivity contribution in [1.82, 2.24) is 14.6 Å². The fraction of sp³-hybridized carbons (Fsp3) is 0.533. The van der Waals surface area contributed by atoms with Crippen LogP contribution in [-0.2, 0) is 10.3 Å². The molecular weight excluding hydrogens is 342 g/mol. The zero-order valence-electron chi connectivity index (χ0n) is 14.0. The average molecular weight is 359 g/mol. The Morgan fingerprint density at radius 3 is 2.96 bits per heavy atom. The van der Waals surface area contributed by atoms with E-state index in [9.17, 15) is 10.4 Å². The Morgan fingerprint density at radius 1 is 1.60 bits per heavy atom. The summed E-state index contributed by atoms with van der Waals surface area (Å²) in [6.45, 7) is 3.19. The molecule has 4 atom stereocenters. The molecule has 0 aromatic carbocycles. The average Bonchev–Trinajstić information content (AvgIpc) is 3.15. The maximum atomic E-state index is 10.1. The molecule has 130 valence electrons. The van der Waals surface area contributed by atoms with Crippen LogP contribution in [0.15, 0.2) is 28.6 Å². The Kier molecular flexibility index (Phi) is 4.34. The summed E-state index contributed by atoms with van der Waals surface area (Å²) in [5.74, 6) is -0.375. The highest BCUT2D eigenvalue weighted by molar-refractivity contribution is 7.98. The summed E-state index contributed by atoms with van der Waals surface area (Å²) in [6.07, 6.45) is 2.66. The molecule has 0 radical (unpaired) electrons. The number of hydrogen-bond donors (Lipinski definition) is 1. The Bertz CT molecular complexity index is 903. The molecular formula is C15H17N7O2S. The van der Waals surface area contributed by atoms with Crippen molar-refractivity contribution in [3.05, 3.63) is 34.6 Å². The number of thioether (sulfide) groups is 1. The number of fused-ring (bicyclic) bond motifs is 1. The van der Waals surface area contributed by atoms with E-state index in [0.29, 0.717) is 5.69 Å². The number of aromatic nitrogens is 3. The fourth-order valence-corrected chi connectivity index (χ4v) is 3.95. The first-order valence-electron chi connectivity index (χ1n) is 7.62. The van der Waals surface area contributed by atoms with E-state index in [1.165, 1.54) is 18.1 Å². The summed E-state index contributed by atoms with van der Waals surface area (Å²) in [5, 5.41) is 28.6. The maximum absolute atomic E-state index is 10.1. The van der Waals surface area contributed by atoms with Crippen LogP contribution in [0.4, 0.5) is 0 Å². The topological polar surface area (TPSA) is 132 Å². The molecule has 0 spiro atoms. The van der Waals surface area contributed by atoms with Gasteiger partial charge in [-0.15, -0.1) is 11.8 Å². The standard InChI is InChI=1S/C15H17N7O2S/c1-9-11(6-23)24-15(7-16,14(9,2)20-21-17)12-5-4-10-13(25-3)18-8-19-22(10)12/h4-5,8-9,11,23H,6H2,1-3H3/t9-,11-,14-,15?/m1/s1. The second-order valence-electron chi connectivity index (χ2n) is 6.04. The molecule has 25 heavy (non-hydrogen) atoms. The van der Waals surface area contributed by atoms with Crippen molar-refractivity contribution in [3.8, 4) is 6.07 Å². The minimum absolute atomic E-state index is 0.282. The summed E-state index contributed by atoms with van der Waals surface area (Å²) in [5.41, 5.74) is 7.46. The Labute approximate surface area is 148 Å². The van der Waals surface area contributed by atoms with Crippen molar-refractivity contribution in [2.75, 3.05) is 12.9 Å². The first-order chi connectivity index (χ1) is 12.0. The van der Waals surface area contributed by atoms with Gasteiger partial charge in [-0.2, -0.15) is 10.4 Å². The number of rotatable bonds is 4. The van der Waals surface area contributed by atoms with Crippen LogP contribution in [0.1, 0.15) is 19.5 Å². The molecule has 2 aromatic heterocycles. The van der Waals surface area contributed by atoms with Gasteiger partial charge in [0, 0.05) is 4.91 Å². The Morgan fingerprint density at radius 2 is 2.36 bits per heavy atom. The lowest BCUT2D eigenvalue weighted by Crippen LogP contribution is -2.47. The third kappa shape index (κ3) is 2.21. The van der Waals surface area contributed by atoms with Gasteiger partial charge >= 0.3 is 0 Å². The van der Waals surface area contributed by atoms with Crippen LogP contribution in [0.3, 0.4) is 0 Å². The molecule has 3 rings (SSSR count). The predicted molar refractivity (Wildman–Crippen MR) is 90.7 cm³/mol. The summed E-state index contributed by atoms with van der Waals surface area (Å²) in [6, 6.07) is 5.72. The normalized spacial score (nSPS) is 31.6. The molecule has 2 aromatic rings. The van der Waals surface area contributed by atoms with Gasteiger partial charge in [0.25, 0.3) is 0 Å². The van der Waals surface area contributed by atoms with Crippen LogP contribution in [0.2, 0.25) is 0 Å². The molecule has 0 amide bonds. The summed E-state index contributed by atoms with van der Waals surface area (Å²) < 4.78 is 7.57. The molecule has 1 unspecified atom stereocenters. The monoisotopic (exact) mass is 359 g/mol. The number of hydrogen-bond acceptors (Lipinski definition) is 7. The predicted octanol–water partition coefficient (Wildman–Crippen LogP) is 2.27. The van der Waals surface area contributed by atoms with Gasteiger partial charge in [-0.3, -0.25) is 0 Å². The van der Waals surface area contributed by atoms with Gasteiger partial charge in [-0.05, 0) is 36.8 Å². The summed E-state index contributed by atoms with van der Waals surface area (Å²) in [4.78, 5) is 7.16. The lowest BCUT2D eigenvalue weighted by Gasteiger charge is -2.34. The van der Waals surface area contributed by atoms with E-state index in [1.54, 1.807) is 30.5 Å². The van der Waals surface area contributed by atoms with Crippen molar-refractivity contribution < 1.29 is 9.84 Å². The number of aliphatic hydroxyl groups is 1.